The van der Waals surface area contributed by atoms with Crippen LogP contribution in [0.5, 0.6) is 0 Å². The zero-order chi connectivity index (χ0) is 13.8. The monoisotopic (exact) mass is 274 g/mol. The van der Waals surface area contributed by atoms with Crippen LogP contribution in [-0.4, -0.2) is 17.9 Å². The fourth-order valence-corrected chi connectivity index (χ4v) is 2.82. The first kappa shape index (κ1) is 13.6. The number of para-hydroxylation sites is 1. The van der Waals surface area contributed by atoms with Gasteiger partial charge >= 0.3 is 0 Å². The summed E-state index contributed by atoms with van der Waals surface area (Å²) in [6.07, 6.45) is 0.966. The molecule has 1 amide bonds. The van der Waals surface area contributed by atoms with Crippen molar-refractivity contribution in [2.24, 2.45) is 0 Å². The van der Waals surface area contributed by atoms with Gasteiger partial charge in [-0.1, -0.05) is 25.1 Å². The van der Waals surface area contributed by atoms with Crippen LogP contribution in [0.1, 0.15) is 27.0 Å². The molecule has 0 saturated heterocycles. The number of anilines is 1. The molecule has 1 aromatic carbocycles. The Bertz CT molecular complexity index is 577. The van der Waals surface area contributed by atoms with Crippen LogP contribution < -0.4 is 5.73 Å². The van der Waals surface area contributed by atoms with Crippen molar-refractivity contribution in [3.63, 3.8) is 0 Å². The van der Waals surface area contributed by atoms with Crippen LogP contribution in [-0.2, 0) is 13.0 Å². The van der Waals surface area contributed by atoms with Crippen LogP contribution in [0.15, 0.2) is 36.4 Å². The number of hydrogen-bond donors (Lipinski definition) is 1. The Balaban J connectivity index is 2.09. The lowest BCUT2D eigenvalue weighted by atomic mass is 10.1. The SMILES string of the molecule is CCc1ccc(C(=O)N(C)Cc2ccccc2N)s1. The number of carbonyl (C=O) groups is 1. The molecule has 1 aromatic heterocycles. The quantitative estimate of drug-likeness (QED) is 0.870. The molecule has 0 aliphatic carbocycles. The molecule has 0 aliphatic heterocycles. The van der Waals surface area contributed by atoms with Crippen molar-refractivity contribution in [2.45, 2.75) is 19.9 Å². The first-order chi connectivity index (χ1) is 9.11. The van der Waals surface area contributed by atoms with Gasteiger partial charge in [0.2, 0.25) is 0 Å². The second kappa shape index (κ2) is 5.89. The van der Waals surface area contributed by atoms with Gasteiger partial charge in [-0.2, -0.15) is 0 Å². The maximum atomic E-state index is 12.3. The van der Waals surface area contributed by atoms with Gasteiger partial charge in [0.05, 0.1) is 4.88 Å². The molecular formula is C15H18N2OS. The van der Waals surface area contributed by atoms with Gasteiger partial charge in [-0.3, -0.25) is 4.79 Å². The smallest absolute Gasteiger partial charge is 0.263 e. The molecule has 3 nitrogen and oxygen atoms in total. The van der Waals surface area contributed by atoms with E-state index in [9.17, 15) is 4.79 Å². The van der Waals surface area contributed by atoms with E-state index in [0.29, 0.717) is 6.54 Å². The van der Waals surface area contributed by atoms with E-state index in [0.717, 1.165) is 22.5 Å². The lowest BCUT2D eigenvalue weighted by molar-refractivity contribution is 0.0790. The standard InChI is InChI=1S/C15H18N2OS/c1-3-12-8-9-14(19-12)15(18)17(2)10-11-6-4-5-7-13(11)16/h4-9H,3,10,16H2,1-2H3. The second-order valence-electron chi connectivity index (χ2n) is 4.48. The lowest BCUT2D eigenvalue weighted by Gasteiger charge is -2.17. The van der Waals surface area contributed by atoms with Crippen LogP contribution in [0.25, 0.3) is 0 Å². The third kappa shape index (κ3) is 3.15. The van der Waals surface area contributed by atoms with Crippen LogP contribution in [0, 0.1) is 0 Å². The van der Waals surface area contributed by atoms with Crippen molar-refractivity contribution >= 4 is 22.9 Å². The molecule has 0 fully saturated rings. The average molecular weight is 274 g/mol. The fraction of sp³-hybridized carbons (Fsp3) is 0.267. The zero-order valence-electron chi connectivity index (χ0n) is 11.2. The zero-order valence-corrected chi connectivity index (χ0v) is 12.0. The van der Waals surface area contributed by atoms with Gasteiger partial charge in [0.25, 0.3) is 5.91 Å². The van der Waals surface area contributed by atoms with Crippen LogP contribution in [0.2, 0.25) is 0 Å². The number of benzene rings is 1. The van der Waals surface area contributed by atoms with Gasteiger partial charge < -0.3 is 10.6 Å². The number of aryl methyl sites for hydroxylation is 1. The Kier molecular flexibility index (Phi) is 4.22. The molecule has 0 radical (unpaired) electrons. The summed E-state index contributed by atoms with van der Waals surface area (Å²) in [5, 5.41) is 0. The highest BCUT2D eigenvalue weighted by atomic mass is 32.1. The number of amides is 1. The highest BCUT2D eigenvalue weighted by Crippen LogP contribution is 2.20. The lowest BCUT2D eigenvalue weighted by Crippen LogP contribution is -2.25. The Morgan fingerprint density at radius 1 is 1.26 bits per heavy atom. The minimum Gasteiger partial charge on any atom is -0.398 e. The molecule has 2 N–H and O–H groups in total. The molecule has 2 rings (SSSR count). The number of nitrogens with zero attached hydrogens (tertiary/aromatic N) is 1. The molecule has 0 bridgehead atoms. The predicted molar refractivity (Wildman–Crippen MR) is 80.3 cm³/mol. The van der Waals surface area contributed by atoms with E-state index in [1.54, 1.807) is 23.3 Å². The average Bonchev–Trinajstić information content (AvgIpc) is 2.89. The molecule has 100 valence electrons. The van der Waals surface area contributed by atoms with Gasteiger partial charge in [0, 0.05) is 24.2 Å². The summed E-state index contributed by atoms with van der Waals surface area (Å²) in [5.41, 5.74) is 7.60. The highest BCUT2D eigenvalue weighted by molar-refractivity contribution is 7.14. The second-order valence-corrected chi connectivity index (χ2v) is 5.65. The van der Waals surface area contributed by atoms with Gasteiger partial charge in [-0.05, 0) is 30.2 Å². The van der Waals surface area contributed by atoms with Gasteiger partial charge in [-0.25, -0.2) is 0 Å². The molecule has 19 heavy (non-hydrogen) atoms. The van der Waals surface area contributed by atoms with Gasteiger partial charge in [-0.15, -0.1) is 11.3 Å². The number of nitrogens with two attached hydrogens (primary N) is 1. The maximum absolute atomic E-state index is 12.3. The third-order valence-electron chi connectivity index (χ3n) is 3.03. The Morgan fingerprint density at radius 2 is 2.00 bits per heavy atom. The summed E-state index contributed by atoms with van der Waals surface area (Å²) in [6.45, 7) is 2.62. The van der Waals surface area contributed by atoms with E-state index < -0.39 is 0 Å². The van der Waals surface area contributed by atoms with Crippen molar-refractivity contribution in [2.75, 3.05) is 12.8 Å². The molecule has 0 aliphatic rings. The Morgan fingerprint density at radius 3 is 2.63 bits per heavy atom. The Hall–Kier alpha value is -1.81. The molecule has 0 spiro atoms. The summed E-state index contributed by atoms with van der Waals surface area (Å²) in [4.78, 5) is 16.0. The molecular weight excluding hydrogens is 256 g/mol. The third-order valence-corrected chi connectivity index (χ3v) is 4.25. The number of carbonyl (C=O) groups excluding carboxylic acids is 1. The molecule has 2 aromatic rings. The maximum Gasteiger partial charge on any atom is 0.263 e. The van der Waals surface area contributed by atoms with E-state index >= 15 is 0 Å². The topological polar surface area (TPSA) is 46.3 Å². The normalized spacial score (nSPS) is 10.4. The molecule has 0 saturated carbocycles. The van der Waals surface area contributed by atoms with E-state index in [-0.39, 0.29) is 5.91 Å². The molecule has 0 atom stereocenters. The largest absolute Gasteiger partial charge is 0.398 e. The predicted octanol–water partition coefficient (Wildman–Crippen LogP) is 3.16. The molecule has 1 heterocycles. The van der Waals surface area contributed by atoms with E-state index in [1.807, 2.05) is 36.4 Å². The van der Waals surface area contributed by atoms with Crippen molar-refractivity contribution in [1.29, 1.82) is 0 Å². The van der Waals surface area contributed by atoms with Crippen molar-refractivity contribution in [3.8, 4) is 0 Å². The van der Waals surface area contributed by atoms with Gasteiger partial charge in [0.1, 0.15) is 0 Å². The fourth-order valence-electron chi connectivity index (χ4n) is 1.88. The van der Waals surface area contributed by atoms with Crippen molar-refractivity contribution in [1.82, 2.24) is 4.90 Å². The first-order valence-corrected chi connectivity index (χ1v) is 7.11. The van der Waals surface area contributed by atoms with E-state index in [1.165, 1.54) is 4.88 Å². The van der Waals surface area contributed by atoms with Crippen molar-refractivity contribution in [3.05, 3.63) is 51.7 Å². The van der Waals surface area contributed by atoms with Gasteiger partial charge in [0.15, 0.2) is 0 Å². The van der Waals surface area contributed by atoms with E-state index in [4.69, 9.17) is 5.73 Å². The van der Waals surface area contributed by atoms with Crippen molar-refractivity contribution < 1.29 is 4.79 Å². The highest BCUT2D eigenvalue weighted by Gasteiger charge is 2.14. The minimum atomic E-state index is 0.0490. The summed E-state index contributed by atoms with van der Waals surface area (Å²) < 4.78 is 0. The molecule has 4 heteroatoms. The Labute approximate surface area is 117 Å². The number of hydrogen-bond acceptors (Lipinski definition) is 3. The number of rotatable bonds is 4. The minimum absolute atomic E-state index is 0.0490. The summed E-state index contributed by atoms with van der Waals surface area (Å²) in [7, 11) is 1.81. The van der Waals surface area contributed by atoms with E-state index in [2.05, 4.69) is 6.92 Å². The first-order valence-electron chi connectivity index (χ1n) is 6.29. The van der Waals surface area contributed by atoms with Crippen LogP contribution in [0.4, 0.5) is 5.69 Å². The van der Waals surface area contributed by atoms with Crippen LogP contribution in [0.3, 0.4) is 0 Å². The number of thiophene rings is 1. The van der Waals surface area contributed by atoms with Crippen LogP contribution >= 0.6 is 11.3 Å². The summed E-state index contributed by atoms with van der Waals surface area (Å²) in [5.74, 6) is 0.0490. The summed E-state index contributed by atoms with van der Waals surface area (Å²) >= 11 is 1.56. The number of nitrogen functional groups attached to an aromatic ring is 1. The summed E-state index contributed by atoms with van der Waals surface area (Å²) in [6, 6.07) is 11.6. The molecule has 0 unspecified atom stereocenters.